The van der Waals surface area contributed by atoms with Crippen LogP contribution in [0.3, 0.4) is 0 Å². The normalized spacial score (nSPS) is 17.2. The molecule has 6 heteroatoms. The summed E-state index contributed by atoms with van der Waals surface area (Å²) in [5.74, 6) is 1.05. The molecule has 0 aromatic heterocycles. The molecule has 0 radical (unpaired) electrons. The molecule has 0 amide bonds. The second-order valence-corrected chi connectivity index (χ2v) is 3.74. The van der Waals surface area contributed by atoms with Crippen molar-refractivity contribution >= 4 is 33.9 Å². The van der Waals surface area contributed by atoms with Gasteiger partial charge in [-0.2, -0.15) is 0 Å². The molecule has 78 valence electrons. The Morgan fingerprint density at radius 2 is 2.46 bits per heavy atom. The van der Waals surface area contributed by atoms with Crippen molar-refractivity contribution < 1.29 is 5.11 Å². The van der Waals surface area contributed by atoms with Crippen LogP contribution in [0.2, 0.25) is 0 Å². The van der Waals surface area contributed by atoms with E-state index >= 15 is 0 Å². The molecule has 1 aliphatic rings. The average molecular weight is 270 g/mol. The fourth-order valence-electron chi connectivity index (χ4n) is 0.974. The zero-order valence-corrected chi connectivity index (χ0v) is 10.2. The van der Waals surface area contributed by atoms with Gasteiger partial charge in [-0.1, -0.05) is 18.7 Å². The van der Waals surface area contributed by atoms with Crippen molar-refractivity contribution in [2.24, 2.45) is 4.99 Å². The van der Waals surface area contributed by atoms with Crippen LogP contribution in [0, 0.1) is 0 Å². The summed E-state index contributed by atoms with van der Waals surface area (Å²) in [4.78, 5) is 6.36. The lowest BCUT2D eigenvalue weighted by atomic mass is 10.6. The van der Waals surface area contributed by atoms with Crippen molar-refractivity contribution in [1.29, 1.82) is 0 Å². The first-order valence-corrected chi connectivity index (χ1v) is 5.09. The highest BCUT2D eigenvalue weighted by atomic mass is 79.9. The van der Waals surface area contributed by atoms with Gasteiger partial charge in [0.25, 0.3) is 0 Å². The first-order valence-electron chi connectivity index (χ1n) is 4.11. The molecule has 0 spiro atoms. The maximum atomic E-state index is 8.66. The third-order valence-corrected chi connectivity index (χ3v) is 2.40. The number of β-amino-alcohol motifs (C(OH)–C–C–N with tert-alkyl or cyclic N) is 1. The van der Waals surface area contributed by atoms with Crippen LogP contribution < -0.4 is 5.32 Å². The molecule has 0 saturated heterocycles. The summed E-state index contributed by atoms with van der Waals surface area (Å²) in [5.41, 5.74) is 0. The van der Waals surface area contributed by atoms with Gasteiger partial charge in [-0.3, -0.25) is 4.90 Å². The Kier molecular flexibility index (Phi) is 7.74. The van der Waals surface area contributed by atoms with E-state index in [1.54, 1.807) is 11.8 Å². The molecule has 0 aromatic rings. The number of hydrogen-bond donors (Lipinski definition) is 2. The van der Waals surface area contributed by atoms with Crippen molar-refractivity contribution in [3.8, 4) is 0 Å². The second kappa shape index (κ2) is 7.61. The monoisotopic (exact) mass is 269 g/mol. The van der Waals surface area contributed by atoms with Gasteiger partial charge in [-0.05, 0) is 5.75 Å². The van der Waals surface area contributed by atoms with Crippen LogP contribution in [-0.2, 0) is 0 Å². The molecule has 1 rings (SSSR count). The molecule has 0 unspecified atom stereocenters. The molecule has 0 fully saturated rings. The quantitative estimate of drug-likeness (QED) is 0.783. The summed E-state index contributed by atoms with van der Waals surface area (Å²) >= 11 is 1.72. The predicted octanol–water partition coefficient (Wildman–Crippen LogP) is 0.486. The first-order chi connectivity index (χ1) is 5.86. The van der Waals surface area contributed by atoms with Crippen LogP contribution in [0.25, 0.3) is 0 Å². The van der Waals surface area contributed by atoms with Crippen LogP contribution in [-0.4, -0.2) is 47.4 Å². The van der Waals surface area contributed by atoms with Crippen LogP contribution in [0.4, 0.5) is 0 Å². The molecule has 13 heavy (non-hydrogen) atoms. The van der Waals surface area contributed by atoms with E-state index < -0.39 is 0 Å². The van der Waals surface area contributed by atoms with Gasteiger partial charge < -0.3 is 10.4 Å². The Morgan fingerprint density at radius 3 is 2.92 bits per heavy atom. The fraction of sp³-hybridized carbons (Fsp3) is 0.857. The molecular weight excluding hydrogens is 254 g/mol. The van der Waals surface area contributed by atoms with Crippen molar-refractivity contribution in [3.05, 3.63) is 0 Å². The zero-order valence-electron chi connectivity index (χ0n) is 7.69. The van der Waals surface area contributed by atoms with Gasteiger partial charge in [0.15, 0.2) is 5.17 Å². The first kappa shape index (κ1) is 13.2. The summed E-state index contributed by atoms with van der Waals surface area (Å²) in [6.45, 7) is 4.51. The summed E-state index contributed by atoms with van der Waals surface area (Å²) in [6, 6.07) is 0. The third kappa shape index (κ3) is 4.85. The Hall–Kier alpha value is 0.220. The number of rotatable bonds is 3. The van der Waals surface area contributed by atoms with Crippen molar-refractivity contribution in [2.45, 2.75) is 6.92 Å². The van der Waals surface area contributed by atoms with E-state index in [4.69, 9.17) is 5.11 Å². The predicted molar refractivity (Wildman–Crippen MR) is 62.6 cm³/mol. The lowest BCUT2D eigenvalue weighted by Gasteiger charge is -2.25. The van der Waals surface area contributed by atoms with Crippen molar-refractivity contribution in [1.82, 2.24) is 10.2 Å². The highest BCUT2D eigenvalue weighted by molar-refractivity contribution is 8.93. The number of aliphatic hydroxyl groups excluding tert-OH is 1. The molecule has 0 atom stereocenters. The maximum absolute atomic E-state index is 8.66. The molecule has 0 aliphatic carbocycles. The Balaban J connectivity index is 0.00000144. The number of aliphatic hydroxyl groups is 1. The molecule has 1 heterocycles. The molecular formula is C7H16BrN3OS. The van der Waals surface area contributed by atoms with Gasteiger partial charge in [0.05, 0.1) is 19.9 Å². The van der Waals surface area contributed by atoms with Crippen molar-refractivity contribution in [2.75, 3.05) is 32.2 Å². The fourth-order valence-corrected chi connectivity index (χ4v) is 1.56. The van der Waals surface area contributed by atoms with Gasteiger partial charge in [0.1, 0.15) is 0 Å². The van der Waals surface area contributed by atoms with E-state index in [0.717, 1.165) is 17.6 Å². The van der Waals surface area contributed by atoms with Crippen LogP contribution in [0.5, 0.6) is 0 Å². The van der Waals surface area contributed by atoms with Crippen LogP contribution in [0.1, 0.15) is 6.92 Å². The summed E-state index contributed by atoms with van der Waals surface area (Å²) in [5, 5.41) is 12.9. The zero-order chi connectivity index (χ0) is 8.81. The number of nitrogens with zero attached hydrogens (tertiary/aromatic N) is 2. The lowest BCUT2D eigenvalue weighted by molar-refractivity contribution is 0.192. The van der Waals surface area contributed by atoms with E-state index in [-0.39, 0.29) is 23.6 Å². The lowest BCUT2D eigenvalue weighted by Crippen LogP contribution is -2.42. The molecule has 0 aromatic carbocycles. The third-order valence-electron chi connectivity index (χ3n) is 1.57. The highest BCUT2D eigenvalue weighted by Crippen LogP contribution is 2.04. The highest BCUT2D eigenvalue weighted by Gasteiger charge is 2.09. The van der Waals surface area contributed by atoms with Gasteiger partial charge in [-0.15, -0.1) is 17.0 Å². The average Bonchev–Trinajstić information content (AvgIpc) is 2.09. The Bertz CT molecular complexity index is 168. The number of aliphatic imine (C=N–C) groups is 1. The molecule has 2 N–H and O–H groups in total. The van der Waals surface area contributed by atoms with E-state index in [0.29, 0.717) is 13.2 Å². The van der Waals surface area contributed by atoms with Gasteiger partial charge >= 0.3 is 0 Å². The van der Waals surface area contributed by atoms with Gasteiger partial charge in [0.2, 0.25) is 0 Å². The van der Waals surface area contributed by atoms with E-state index in [2.05, 4.69) is 22.1 Å². The van der Waals surface area contributed by atoms with Crippen LogP contribution >= 0.6 is 28.7 Å². The minimum absolute atomic E-state index is 0. The largest absolute Gasteiger partial charge is 0.395 e. The number of halogens is 1. The summed E-state index contributed by atoms with van der Waals surface area (Å²) in [6.07, 6.45) is 0. The second-order valence-electron chi connectivity index (χ2n) is 2.49. The molecule has 0 saturated carbocycles. The van der Waals surface area contributed by atoms with E-state index in [9.17, 15) is 0 Å². The van der Waals surface area contributed by atoms with Gasteiger partial charge in [0, 0.05) is 6.54 Å². The van der Waals surface area contributed by atoms with Gasteiger partial charge in [-0.25, -0.2) is 4.99 Å². The van der Waals surface area contributed by atoms with Crippen molar-refractivity contribution in [3.63, 3.8) is 0 Å². The number of amidine groups is 1. The summed E-state index contributed by atoms with van der Waals surface area (Å²) in [7, 11) is 0. The van der Waals surface area contributed by atoms with E-state index in [1.807, 2.05) is 0 Å². The van der Waals surface area contributed by atoms with E-state index in [1.165, 1.54) is 0 Å². The minimum Gasteiger partial charge on any atom is -0.395 e. The SMILES string of the molecule is Br.CCSC1=NCN(CCO)CN1. The molecule has 0 bridgehead atoms. The molecule has 4 nitrogen and oxygen atoms in total. The maximum Gasteiger partial charge on any atom is 0.158 e. The number of hydrogen-bond acceptors (Lipinski definition) is 5. The summed E-state index contributed by atoms with van der Waals surface area (Å²) < 4.78 is 0. The number of thioether (sulfide) groups is 1. The number of nitrogens with one attached hydrogen (secondary N) is 1. The smallest absolute Gasteiger partial charge is 0.158 e. The Labute approximate surface area is 93.6 Å². The standard InChI is InChI=1S/C7H15N3OS.BrH/c1-2-12-7-8-5-10(3-4-11)6-9-7;/h11H,2-6H2,1H3,(H,8,9);1H. The van der Waals surface area contributed by atoms with Crippen LogP contribution in [0.15, 0.2) is 4.99 Å². The topological polar surface area (TPSA) is 47.9 Å². The Morgan fingerprint density at radius 1 is 1.69 bits per heavy atom. The molecule has 1 aliphatic heterocycles. The minimum atomic E-state index is 0.